The van der Waals surface area contributed by atoms with Gasteiger partial charge in [-0.05, 0) is 53.9 Å². The summed E-state index contributed by atoms with van der Waals surface area (Å²) in [5, 5.41) is 11.2. The van der Waals surface area contributed by atoms with Crippen molar-refractivity contribution in [2.75, 3.05) is 26.2 Å². The fourth-order valence-electron chi connectivity index (χ4n) is 3.61. The van der Waals surface area contributed by atoms with E-state index in [1.54, 1.807) is 20.7 Å². The van der Waals surface area contributed by atoms with E-state index in [1.165, 1.54) is 16.0 Å². The van der Waals surface area contributed by atoms with Crippen LogP contribution in [0.15, 0.2) is 42.5 Å². The molecule has 1 aliphatic heterocycles. The van der Waals surface area contributed by atoms with Gasteiger partial charge in [0, 0.05) is 49.9 Å². The van der Waals surface area contributed by atoms with Crippen molar-refractivity contribution < 1.29 is 5.11 Å². The second-order valence-corrected chi connectivity index (χ2v) is 10.7. The Labute approximate surface area is 189 Å². The van der Waals surface area contributed by atoms with Crippen LogP contribution in [0.25, 0.3) is 10.4 Å². The van der Waals surface area contributed by atoms with Crippen molar-refractivity contribution >= 4 is 44.5 Å². The standard InChI is InChI=1S/C22H23ClN2OS3/c1-15-21(28-29-22(15)27)17-4-7-20(26)18(12-17)14-25-10-8-24(9-11-25)13-16-2-5-19(23)6-3-16/h2-7,12,26H,8-11,13-14H2,1H3. The van der Waals surface area contributed by atoms with Crippen molar-refractivity contribution in [3.63, 3.8) is 0 Å². The topological polar surface area (TPSA) is 26.7 Å². The maximum absolute atomic E-state index is 10.4. The first-order valence-corrected chi connectivity index (χ1v) is 12.5. The number of phenols is 1. The SMILES string of the molecule is Cc1c(-c2ccc(O)c(CN3CCN(Cc4ccc(Cl)cc4)CC3)c2)ssc1=S. The van der Waals surface area contributed by atoms with Crippen LogP contribution in [-0.2, 0) is 13.1 Å². The summed E-state index contributed by atoms with van der Waals surface area (Å²) in [6.07, 6.45) is 0. The second-order valence-electron chi connectivity index (χ2n) is 7.43. The highest BCUT2D eigenvalue weighted by Gasteiger charge is 2.19. The monoisotopic (exact) mass is 462 g/mol. The summed E-state index contributed by atoms with van der Waals surface area (Å²) in [5.74, 6) is 0.369. The molecule has 7 heteroatoms. The van der Waals surface area contributed by atoms with Crippen LogP contribution in [0.2, 0.25) is 5.02 Å². The molecule has 0 saturated carbocycles. The molecular formula is C22H23ClN2OS3. The van der Waals surface area contributed by atoms with Gasteiger partial charge in [0.05, 0.1) is 4.88 Å². The third-order valence-electron chi connectivity index (χ3n) is 5.37. The van der Waals surface area contributed by atoms with Gasteiger partial charge in [-0.2, -0.15) is 0 Å². The molecule has 0 aliphatic carbocycles. The van der Waals surface area contributed by atoms with Crippen LogP contribution in [-0.4, -0.2) is 41.1 Å². The number of phenolic OH excluding ortho intramolecular Hbond substituents is 1. The molecular weight excluding hydrogens is 440 g/mol. The van der Waals surface area contributed by atoms with E-state index in [4.69, 9.17) is 23.8 Å². The lowest BCUT2D eigenvalue weighted by atomic mass is 10.1. The Morgan fingerprint density at radius 1 is 0.966 bits per heavy atom. The molecule has 0 radical (unpaired) electrons. The highest BCUT2D eigenvalue weighted by Crippen LogP contribution is 2.36. The molecule has 152 valence electrons. The van der Waals surface area contributed by atoms with Gasteiger partial charge in [0.2, 0.25) is 0 Å². The Morgan fingerprint density at radius 2 is 1.62 bits per heavy atom. The van der Waals surface area contributed by atoms with Gasteiger partial charge in [-0.1, -0.05) is 56.6 Å². The minimum atomic E-state index is 0.369. The molecule has 0 bridgehead atoms. The maximum Gasteiger partial charge on any atom is 0.120 e. The number of hydrogen-bond acceptors (Lipinski definition) is 6. The Kier molecular flexibility index (Phi) is 6.69. The number of nitrogens with zero attached hydrogens (tertiary/aromatic N) is 2. The van der Waals surface area contributed by atoms with Crippen molar-refractivity contribution in [2.24, 2.45) is 0 Å². The molecule has 1 saturated heterocycles. The van der Waals surface area contributed by atoms with Crippen LogP contribution in [0.5, 0.6) is 5.75 Å². The lowest BCUT2D eigenvalue weighted by molar-refractivity contribution is 0.121. The molecule has 4 rings (SSSR count). The van der Waals surface area contributed by atoms with E-state index in [0.29, 0.717) is 5.75 Å². The summed E-state index contributed by atoms with van der Waals surface area (Å²) in [7, 11) is 3.36. The summed E-state index contributed by atoms with van der Waals surface area (Å²) in [5.41, 5.74) is 4.59. The minimum Gasteiger partial charge on any atom is -0.508 e. The zero-order chi connectivity index (χ0) is 20.4. The Bertz CT molecular complexity index is 1040. The summed E-state index contributed by atoms with van der Waals surface area (Å²) < 4.78 is 0.955. The average molecular weight is 463 g/mol. The van der Waals surface area contributed by atoms with Gasteiger partial charge in [0.1, 0.15) is 9.57 Å². The van der Waals surface area contributed by atoms with Crippen LogP contribution in [0.4, 0.5) is 0 Å². The van der Waals surface area contributed by atoms with Gasteiger partial charge in [0.25, 0.3) is 0 Å². The summed E-state index contributed by atoms with van der Waals surface area (Å²) in [6.45, 7) is 7.83. The Balaban J connectivity index is 1.39. The number of rotatable bonds is 5. The van der Waals surface area contributed by atoms with Gasteiger partial charge in [0.15, 0.2) is 0 Å². The summed E-state index contributed by atoms with van der Waals surface area (Å²) in [4.78, 5) is 6.10. The van der Waals surface area contributed by atoms with E-state index in [9.17, 15) is 5.11 Å². The Morgan fingerprint density at radius 3 is 2.24 bits per heavy atom. The zero-order valence-corrected chi connectivity index (χ0v) is 19.4. The third kappa shape index (κ3) is 5.08. The molecule has 1 aromatic heterocycles. The van der Waals surface area contributed by atoms with E-state index in [-0.39, 0.29) is 0 Å². The number of aromatic hydroxyl groups is 1. The molecule has 0 unspecified atom stereocenters. The van der Waals surface area contributed by atoms with E-state index in [2.05, 4.69) is 34.9 Å². The van der Waals surface area contributed by atoms with Crippen molar-refractivity contribution in [1.29, 1.82) is 0 Å². The molecule has 0 spiro atoms. The zero-order valence-electron chi connectivity index (χ0n) is 16.2. The molecule has 2 heterocycles. The maximum atomic E-state index is 10.4. The lowest BCUT2D eigenvalue weighted by Crippen LogP contribution is -2.45. The molecule has 1 fully saturated rings. The van der Waals surface area contributed by atoms with Crippen LogP contribution in [0, 0.1) is 10.7 Å². The third-order valence-corrected chi connectivity index (χ3v) is 8.99. The second kappa shape index (κ2) is 9.25. The quantitative estimate of drug-likeness (QED) is 0.361. The lowest BCUT2D eigenvalue weighted by Gasteiger charge is -2.35. The first-order valence-electron chi connectivity index (χ1n) is 9.61. The van der Waals surface area contributed by atoms with Gasteiger partial charge in [-0.25, -0.2) is 0 Å². The van der Waals surface area contributed by atoms with Crippen molar-refractivity contribution in [3.05, 3.63) is 68.0 Å². The molecule has 1 N–H and O–H groups in total. The van der Waals surface area contributed by atoms with E-state index >= 15 is 0 Å². The van der Waals surface area contributed by atoms with E-state index in [1.807, 2.05) is 24.3 Å². The van der Waals surface area contributed by atoms with Crippen LogP contribution >= 0.6 is 44.5 Å². The fourth-order valence-corrected chi connectivity index (χ4v) is 6.63. The molecule has 3 aromatic rings. The smallest absolute Gasteiger partial charge is 0.120 e. The Hall–Kier alpha value is -1.28. The first kappa shape index (κ1) is 21.0. The normalized spacial score (nSPS) is 15.7. The summed E-state index contributed by atoms with van der Waals surface area (Å²) in [6, 6.07) is 14.0. The van der Waals surface area contributed by atoms with Crippen LogP contribution in [0.3, 0.4) is 0 Å². The predicted molar refractivity (Wildman–Crippen MR) is 127 cm³/mol. The average Bonchev–Trinajstić information content (AvgIpc) is 3.05. The molecule has 29 heavy (non-hydrogen) atoms. The molecule has 2 aromatic carbocycles. The first-order chi connectivity index (χ1) is 14.0. The van der Waals surface area contributed by atoms with Gasteiger partial charge >= 0.3 is 0 Å². The highest BCUT2D eigenvalue weighted by molar-refractivity contribution is 7.80. The van der Waals surface area contributed by atoms with Crippen LogP contribution in [0.1, 0.15) is 16.7 Å². The van der Waals surface area contributed by atoms with Crippen molar-refractivity contribution in [1.82, 2.24) is 9.80 Å². The van der Waals surface area contributed by atoms with E-state index < -0.39 is 0 Å². The fraction of sp³-hybridized carbons (Fsp3) is 0.318. The minimum absolute atomic E-state index is 0.369. The predicted octanol–water partition coefficient (Wildman–Crippen LogP) is 6.19. The van der Waals surface area contributed by atoms with Gasteiger partial charge < -0.3 is 5.11 Å². The molecule has 0 amide bonds. The summed E-state index contributed by atoms with van der Waals surface area (Å²) >= 11 is 11.4. The number of hydrogen-bond donors (Lipinski definition) is 1. The van der Waals surface area contributed by atoms with E-state index in [0.717, 1.165) is 59.2 Å². The number of piperazine rings is 1. The van der Waals surface area contributed by atoms with Crippen molar-refractivity contribution in [3.8, 4) is 16.2 Å². The molecule has 1 aliphatic rings. The number of halogens is 1. The largest absolute Gasteiger partial charge is 0.508 e. The highest BCUT2D eigenvalue weighted by atomic mass is 35.5. The number of benzene rings is 2. The van der Waals surface area contributed by atoms with Crippen molar-refractivity contribution in [2.45, 2.75) is 20.0 Å². The van der Waals surface area contributed by atoms with Gasteiger partial charge in [-0.15, -0.1) is 0 Å². The van der Waals surface area contributed by atoms with Gasteiger partial charge in [-0.3, -0.25) is 9.80 Å². The molecule has 3 nitrogen and oxygen atoms in total. The van der Waals surface area contributed by atoms with Crippen LogP contribution < -0.4 is 0 Å². The molecule has 0 atom stereocenters.